The number of rotatable bonds is 3. The van der Waals surface area contributed by atoms with E-state index in [1.54, 1.807) is 12.1 Å². The first-order chi connectivity index (χ1) is 12.2. The van der Waals surface area contributed by atoms with Crippen LogP contribution in [0, 0.1) is 11.9 Å². The van der Waals surface area contributed by atoms with Crippen molar-refractivity contribution in [3.63, 3.8) is 0 Å². The Balaban J connectivity index is 0.000000880. The van der Waals surface area contributed by atoms with Crippen LogP contribution in [0.2, 0.25) is 0 Å². The van der Waals surface area contributed by atoms with Crippen LogP contribution in [0.5, 0.6) is 0 Å². The standard InChI is InChI=1S/C17H23FN4O.CH5N/c1-19-17(23)14-2-3-15(16(18)20-14)21-6-4-12(5-7-21)22-10-11-8-13(22)9-11;1-2/h2-3,11-13H,4-10H2,1H3,(H,19,23);2H2,1H3. The summed E-state index contributed by atoms with van der Waals surface area (Å²) in [6.07, 6.45) is 4.94. The molecule has 4 heterocycles. The number of aromatic nitrogens is 1. The van der Waals surface area contributed by atoms with Crippen molar-refractivity contribution < 1.29 is 9.18 Å². The lowest BCUT2D eigenvalue weighted by Crippen LogP contribution is -2.46. The van der Waals surface area contributed by atoms with Gasteiger partial charge in [-0.25, -0.2) is 4.98 Å². The van der Waals surface area contributed by atoms with Gasteiger partial charge in [0.2, 0.25) is 5.95 Å². The van der Waals surface area contributed by atoms with E-state index in [0.29, 0.717) is 11.7 Å². The van der Waals surface area contributed by atoms with Crippen molar-refractivity contribution >= 4 is 11.6 Å². The Morgan fingerprint density at radius 2 is 1.92 bits per heavy atom. The summed E-state index contributed by atoms with van der Waals surface area (Å²) in [4.78, 5) is 20.1. The molecular weight excluding hydrogens is 321 g/mol. The average molecular weight is 349 g/mol. The van der Waals surface area contributed by atoms with Crippen molar-refractivity contribution in [1.82, 2.24) is 15.2 Å². The van der Waals surface area contributed by atoms with Crippen molar-refractivity contribution in [2.24, 2.45) is 11.7 Å². The Kier molecular flexibility index (Phi) is 5.54. The van der Waals surface area contributed by atoms with E-state index in [9.17, 15) is 9.18 Å². The maximum absolute atomic E-state index is 14.3. The highest BCUT2D eigenvalue weighted by Crippen LogP contribution is 2.43. The molecule has 25 heavy (non-hydrogen) atoms. The van der Waals surface area contributed by atoms with Gasteiger partial charge in [-0.3, -0.25) is 9.69 Å². The van der Waals surface area contributed by atoms with Crippen molar-refractivity contribution in [1.29, 1.82) is 0 Å². The van der Waals surface area contributed by atoms with Crippen molar-refractivity contribution in [2.75, 3.05) is 38.6 Å². The zero-order valence-electron chi connectivity index (χ0n) is 15.0. The molecule has 4 aliphatic rings. The number of nitrogens with one attached hydrogen (secondary N) is 1. The third-order valence-corrected chi connectivity index (χ3v) is 5.71. The third-order valence-electron chi connectivity index (χ3n) is 5.71. The highest BCUT2D eigenvalue weighted by molar-refractivity contribution is 5.92. The summed E-state index contributed by atoms with van der Waals surface area (Å²) >= 11 is 0. The highest BCUT2D eigenvalue weighted by atomic mass is 19.1. The minimum absolute atomic E-state index is 0.125. The first-order valence-electron chi connectivity index (χ1n) is 9.12. The van der Waals surface area contributed by atoms with Crippen LogP contribution in [0.15, 0.2) is 12.1 Å². The van der Waals surface area contributed by atoms with Gasteiger partial charge in [-0.2, -0.15) is 4.39 Å². The fraction of sp³-hybridized carbons (Fsp3) is 0.667. The summed E-state index contributed by atoms with van der Waals surface area (Å²) < 4.78 is 14.3. The lowest BCUT2D eigenvalue weighted by molar-refractivity contribution is 0.0957. The van der Waals surface area contributed by atoms with Crippen LogP contribution >= 0.6 is 0 Å². The summed E-state index contributed by atoms with van der Waals surface area (Å²) in [5.74, 6) is 0.0343. The Morgan fingerprint density at radius 1 is 1.24 bits per heavy atom. The number of pyridine rings is 1. The molecule has 4 fully saturated rings. The topological polar surface area (TPSA) is 74.5 Å². The zero-order chi connectivity index (χ0) is 18.0. The molecule has 1 aromatic heterocycles. The molecule has 1 aromatic rings. The lowest BCUT2D eigenvalue weighted by Gasteiger charge is -2.39. The number of nitrogens with zero attached hydrogens (tertiary/aromatic N) is 3. The fourth-order valence-corrected chi connectivity index (χ4v) is 4.37. The van der Waals surface area contributed by atoms with E-state index in [-0.39, 0.29) is 11.6 Å². The molecule has 1 saturated carbocycles. The van der Waals surface area contributed by atoms with Crippen LogP contribution < -0.4 is 16.0 Å². The molecule has 7 heteroatoms. The van der Waals surface area contributed by atoms with E-state index in [1.165, 1.54) is 33.5 Å². The molecular formula is C18H28FN5O. The molecule has 2 bridgehead atoms. The maximum atomic E-state index is 14.3. The molecule has 0 atom stereocenters. The Labute approximate surface area is 148 Å². The van der Waals surface area contributed by atoms with Gasteiger partial charge in [0.05, 0.1) is 5.69 Å². The van der Waals surface area contributed by atoms with Crippen LogP contribution in [-0.2, 0) is 0 Å². The quantitative estimate of drug-likeness (QED) is 0.803. The summed E-state index contributed by atoms with van der Waals surface area (Å²) in [6.45, 7) is 2.99. The number of hydrogen-bond donors (Lipinski definition) is 2. The number of carbonyl (C=O) groups excluding carboxylic acids is 1. The molecule has 0 radical (unpaired) electrons. The molecule has 3 aliphatic heterocycles. The van der Waals surface area contributed by atoms with Crippen LogP contribution in [0.3, 0.4) is 0 Å². The number of amides is 1. The predicted molar refractivity (Wildman–Crippen MR) is 96.1 cm³/mol. The first kappa shape index (κ1) is 18.1. The highest BCUT2D eigenvalue weighted by Gasteiger charge is 2.45. The minimum Gasteiger partial charge on any atom is -0.368 e. The van der Waals surface area contributed by atoms with Gasteiger partial charge in [0.15, 0.2) is 0 Å². The van der Waals surface area contributed by atoms with Gasteiger partial charge in [-0.15, -0.1) is 0 Å². The first-order valence-corrected chi connectivity index (χ1v) is 9.12. The number of carbonyl (C=O) groups is 1. The maximum Gasteiger partial charge on any atom is 0.269 e. The summed E-state index contributed by atoms with van der Waals surface area (Å²) in [5.41, 5.74) is 5.14. The normalized spacial score (nSPS) is 25.8. The van der Waals surface area contributed by atoms with E-state index in [1.807, 2.05) is 0 Å². The second-order valence-corrected chi connectivity index (χ2v) is 6.99. The average Bonchev–Trinajstić information content (AvgIpc) is 3.24. The molecule has 0 spiro atoms. The van der Waals surface area contributed by atoms with Gasteiger partial charge in [0.25, 0.3) is 5.91 Å². The van der Waals surface area contributed by atoms with E-state index in [4.69, 9.17) is 0 Å². The number of anilines is 1. The van der Waals surface area contributed by atoms with Gasteiger partial charge in [0.1, 0.15) is 5.69 Å². The van der Waals surface area contributed by atoms with Gasteiger partial charge < -0.3 is 16.0 Å². The van der Waals surface area contributed by atoms with E-state index >= 15 is 0 Å². The van der Waals surface area contributed by atoms with Crippen molar-refractivity contribution in [2.45, 2.75) is 37.8 Å². The van der Waals surface area contributed by atoms with Crippen molar-refractivity contribution in [3.8, 4) is 0 Å². The molecule has 3 saturated heterocycles. The molecule has 0 unspecified atom stereocenters. The molecule has 3 N–H and O–H groups in total. The van der Waals surface area contributed by atoms with Gasteiger partial charge in [-0.05, 0) is 50.8 Å². The summed E-state index contributed by atoms with van der Waals surface area (Å²) in [5, 5.41) is 2.47. The molecule has 5 rings (SSSR count). The molecule has 1 aliphatic carbocycles. The fourth-order valence-electron chi connectivity index (χ4n) is 4.37. The van der Waals surface area contributed by atoms with Gasteiger partial charge in [-0.1, -0.05) is 0 Å². The Hall–Kier alpha value is -1.73. The summed E-state index contributed by atoms with van der Waals surface area (Å²) in [6, 6.07) is 4.75. The molecule has 1 amide bonds. The third kappa shape index (κ3) is 3.48. The van der Waals surface area contributed by atoms with E-state index in [0.717, 1.165) is 37.9 Å². The van der Waals surface area contributed by atoms with E-state index < -0.39 is 5.95 Å². The molecule has 138 valence electrons. The van der Waals surface area contributed by atoms with Gasteiger partial charge >= 0.3 is 0 Å². The second-order valence-electron chi connectivity index (χ2n) is 6.99. The van der Waals surface area contributed by atoms with Crippen molar-refractivity contribution in [3.05, 3.63) is 23.8 Å². The van der Waals surface area contributed by atoms with Gasteiger partial charge in [0, 0.05) is 38.8 Å². The number of fused-ring (bicyclic) bond motifs is 1. The zero-order valence-corrected chi connectivity index (χ0v) is 15.0. The molecule has 0 aromatic carbocycles. The van der Waals surface area contributed by atoms with Crippen LogP contribution in [0.4, 0.5) is 10.1 Å². The Morgan fingerprint density at radius 3 is 2.44 bits per heavy atom. The Bertz CT molecular complexity index is 611. The largest absolute Gasteiger partial charge is 0.368 e. The van der Waals surface area contributed by atoms with Crippen LogP contribution in [0.25, 0.3) is 0 Å². The lowest BCUT2D eigenvalue weighted by atomic mass is 9.86. The minimum atomic E-state index is -0.548. The predicted octanol–water partition coefficient (Wildman–Crippen LogP) is 1.22. The molecule has 6 nitrogen and oxygen atoms in total. The van der Waals surface area contributed by atoms with Crippen LogP contribution in [0.1, 0.15) is 36.2 Å². The second kappa shape index (κ2) is 7.66. The summed E-state index contributed by atoms with van der Waals surface area (Å²) in [7, 11) is 3.02. The van der Waals surface area contributed by atoms with E-state index in [2.05, 4.69) is 25.8 Å². The monoisotopic (exact) mass is 349 g/mol. The SMILES string of the molecule is CN.CNC(=O)c1ccc(N2CCC(N3CC4CC3C4)CC2)c(F)n1. The smallest absolute Gasteiger partial charge is 0.269 e. The number of nitrogens with two attached hydrogens (primary N) is 1. The number of piperidine rings is 1. The number of hydrogen-bond acceptors (Lipinski definition) is 5. The number of halogens is 1. The van der Waals surface area contributed by atoms with Crippen LogP contribution in [-0.4, -0.2) is 61.6 Å².